The second-order valence-electron chi connectivity index (χ2n) is 24.8. The monoisotopic (exact) mass is 1260 g/mol. The fourth-order valence-electron chi connectivity index (χ4n) is 15.6. The van der Waals surface area contributed by atoms with E-state index >= 15 is 0 Å². The summed E-state index contributed by atoms with van der Waals surface area (Å²) in [5.74, 6) is 0. The maximum Gasteiger partial charge on any atom is 0.252 e. The summed E-state index contributed by atoms with van der Waals surface area (Å²) >= 11 is 3.60. The van der Waals surface area contributed by atoms with E-state index < -0.39 is 43.0 Å². The van der Waals surface area contributed by atoms with Gasteiger partial charge in [0.15, 0.2) is 0 Å². The van der Waals surface area contributed by atoms with Crippen molar-refractivity contribution in [1.29, 1.82) is 0 Å². The minimum atomic E-state index is -0.538. The molecule has 20 rings (SSSR count). The number of para-hydroxylation sites is 4. The molecule has 446 valence electrons. The summed E-state index contributed by atoms with van der Waals surface area (Å²) in [5.41, 5.74) is 20.5. The van der Waals surface area contributed by atoms with Crippen LogP contribution in [0, 0.1) is 0 Å². The molecule has 6 heteroatoms. The van der Waals surface area contributed by atoms with Crippen LogP contribution in [0.25, 0.3) is 135 Å². The molecule has 0 fully saturated rings. The highest BCUT2D eigenvalue weighted by Gasteiger charge is 2.46. The number of benzene rings is 15. The topological polar surface area (TPSA) is 11.4 Å². The lowest BCUT2D eigenvalue weighted by Gasteiger charge is -2.46. The Hall–Kier alpha value is -11.8. The van der Waals surface area contributed by atoms with Crippen molar-refractivity contribution in [2.24, 2.45) is 0 Å². The van der Waals surface area contributed by atoms with Gasteiger partial charge in [-0.15, -0.1) is 22.7 Å². The molecule has 0 aliphatic carbocycles. The summed E-state index contributed by atoms with van der Waals surface area (Å²) in [6.45, 7) is -0.538. The Balaban J connectivity index is 1.01. The van der Waals surface area contributed by atoms with Gasteiger partial charge in [-0.2, -0.15) is 0 Å². The van der Waals surface area contributed by atoms with Crippen LogP contribution < -0.4 is 26.2 Å². The van der Waals surface area contributed by atoms with Crippen LogP contribution in [0.4, 0.5) is 34.1 Å². The minimum Gasteiger partial charge on any atom is -0.310 e. The van der Waals surface area contributed by atoms with Gasteiger partial charge in [0.1, 0.15) is 0 Å². The second kappa shape index (κ2) is 21.9. The summed E-state index contributed by atoms with van der Waals surface area (Å²) < 4.78 is 83.4. The number of hydrogen-bond acceptors (Lipinski definition) is 4. The highest BCUT2D eigenvalue weighted by atomic mass is 32.1. The zero-order chi connectivity index (χ0) is 69.9. The lowest BCUT2D eigenvalue weighted by Crippen LogP contribution is -2.61. The molecule has 0 bridgehead atoms. The van der Waals surface area contributed by atoms with Gasteiger partial charge in [0, 0.05) is 96.1 Å². The summed E-state index contributed by atoms with van der Waals surface area (Å²) in [5, 5.41) is 4.75. The molecule has 2 aliphatic heterocycles. The maximum atomic E-state index is 10.1. The molecule has 0 unspecified atom stereocenters. The molecule has 15 aromatic carbocycles. The van der Waals surface area contributed by atoms with Crippen LogP contribution in [0.1, 0.15) is 11.0 Å². The van der Waals surface area contributed by atoms with Gasteiger partial charge >= 0.3 is 0 Å². The molecule has 0 amide bonds. The molecular formula is C90H56BN3S2. The van der Waals surface area contributed by atoms with E-state index in [1.807, 2.05) is 24.3 Å². The maximum absolute atomic E-state index is 10.1. The van der Waals surface area contributed by atoms with Crippen LogP contribution in [-0.2, 0) is 0 Å². The molecular weight excluding hydrogens is 1200 g/mol. The summed E-state index contributed by atoms with van der Waals surface area (Å²) in [6, 6.07) is 100. The predicted molar refractivity (Wildman–Crippen MR) is 413 cm³/mol. The molecule has 0 N–H and O–H groups in total. The van der Waals surface area contributed by atoms with Gasteiger partial charge in [-0.1, -0.05) is 279 Å². The molecule has 18 aromatic rings. The first kappa shape index (κ1) is 47.1. The number of aromatic nitrogens is 1. The Morgan fingerprint density at radius 3 is 1.05 bits per heavy atom. The highest BCUT2D eigenvalue weighted by molar-refractivity contribution is 7.26. The minimum absolute atomic E-state index is 0.00452. The fraction of sp³-hybridized carbons (Fsp3) is 0. The Kier molecular flexibility index (Phi) is 10.8. The van der Waals surface area contributed by atoms with E-state index in [0.717, 1.165) is 117 Å². The molecule has 3 aromatic heterocycles. The molecule has 0 spiro atoms. The van der Waals surface area contributed by atoms with Gasteiger partial charge in [0.05, 0.1) is 39.1 Å². The standard InChI is InChI=1S/C90H56BN3S2/c1-5-25-57(26-6-1)66-39-21-40-67(58-27-7-2-8-28-58)89(66)93-78-51-49-61(64-37-23-47-84-86(64)72-35-15-19-45-82(72)95-84)53-74(78)91-75-54-62(65-38-24-48-85-87(65)73-36-16-20-46-83(73)96-85)50-52-79(75)94(90-68(59-29-9-3-10-30-59)41-22-42-69(90)60-31-11-4-12-32-60)81-56-63(55-80(93)88(81)91)92-76-43-17-13-33-70(76)71-34-14-18-44-77(71)92/h1-56H/i13D,14D,17D,18D,33D,34D,43D,44D. The molecule has 96 heavy (non-hydrogen) atoms. The number of anilines is 6. The summed E-state index contributed by atoms with van der Waals surface area (Å²) in [6.07, 6.45) is 0. The van der Waals surface area contributed by atoms with E-state index in [0.29, 0.717) is 5.69 Å². The van der Waals surface area contributed by atoms with E-state index in [2.05, 4.69) is 277 Å². The van der Waals surface area contributed by atoms with Crippen molar-refractivity contribution >= 4 is 142 Å². The lowest BCUT2D eigenvalue weighted by molar-refractivity contribution is 1.16. The molecule has 0 atom stereocenters. The third-order valence-electron chi connectivity index (χ3n) is 19.6. The lowest BCUT2D eigenvalue weighted by atomic mass is 9.33. The van der Waals surface area contributed by atoms with Gasteiger partial charge in [-0.25, -0.2) is 0 Å². The van der Waals surface area contributed by atoms with Crippen molar-refractivity contribution in [1.82, 2.24) is 4.57 Å². The molecule has 3 nitrogen and oxygen atoms in total. The third kappa shape index (κ3) is 8.39. The van der Waals surface area contributed by atoms with Crippen molar-refractivity contribution in [3.63, 3.8) is 0 Å². The van der Waals surface area contributed by atoms with Crippen LogP contribution in [-0.4, -0.2) is 11.3 Å². The average Bonchev–Trinajstić information content (AvgIpc) is 1.13. The molecule has 0 saturated heterocycles. The average molecular weight is 1260 g/mol. The highest BCUT2D eigenvalue weighted by Crippen LogP contribution is 2.55. The smallest absolute Gasteiger partial charge is 0.252 e. The first-order valence-electron chi connectivity index (χ1n) is 36.3. The van der Waals surface area contributed by atoms with Gasteiger partial charge in [-0.3, -0.25) is 0 Å². The Labute approximate surface area is 575 Å². The Morgan fingerprint density at radius 2 is 0.635 bits per heavy atom. The van der Waals surface area contributed by atoms with Crippen molar-refractivity contribution < 1.29 is 11.0 Å². The van der Waals surface area contributed by atoms with Crippen LogP contribution in [0.2, 0.25) is 0 Å². The quantitative estimate of drug-likeness (QED) is 0.133. The first-order valence-corrected chi connectivity index (χ1v) is 34.0. The zero-order valence-electron chi connectivity index (χ0n) is 59.4. The number of rotatable bonds is 9. The van der Waals surface area contributed by atoms with E-state index in [-0.39, 0.29) is 33.9 Å². The molecule has 0 radical (unpaired) electrons. The van der Waals surface area contributed by atoms with Crippen LogP contribution in [0.5, 0.6) is 0 Å². The normalized spacial score (nSPS) is 13.7. The Morgan fingerprint density at radius 1 is 0.281 bits per heavy atom. The van der Waals surface area contributed by atoms with E-state index in [1.54, 1.807) is 27.2 Å². The molecule has 0 saturated carbocycles. The number of nitrogens with zero attached hydrogens (tertiary/aromatic N) is 3. The molecule has 5 heterocycles. The first-order chi connectivity index (χ1) is 51.0. The predicted octanol–water partition coefficient (Wildman–Crippen LogP) is 23.6. The number of hydrogen-bond donors (Lipinski definition) is 0. The van der Waals surface area contributed by atoms with E-state index in [4.69, 9.17) is 0 Å². The van der Waals surface area contributed by atoms with Gasteiger partial charge in [-0.05, 0) is 122 Å². The van der Waals surface area contributed by atoms with E-state index in [1.165, 1.54) is 40.3 Å². The van der Waals surface area contributed by atoms with E-state index in [9.17, 15) is 11.0 Å². The SMILES string of the molecule is [2H]c1c([2H])c([2H])c2c(c1[2H])c1c([2H])c([2H])c([2H])c([2H])c1n2-c1cc2c3c(c1)N(c1c(-c4ccccc4)cccc1-c1ccccc1)c1ccc(-c4cccc5sc6ccccc6c45)cc1B3c1cc(-c3cccc4sc5ccccc5c34)ccc1N2c1c(-c2ccccc2)cccc1-c1ccccc1. The van der Waals surface area contributed by atoms with Gasteiger partial charge < -0.3 is 14.4 Å². The summed E-state index contributed by atoms with van der Waals surface area (Å²) in [4.78, 5) is 4.85. The fourth-order valence-corrected chi connectivity index (χ4v) is 17.9. The van der Waals surface area contributed by atoms with Crippen molar-refractivity contribution in [2.45, 2.75) is 0 Å². The largest absolute Gasteiger partial charge is 0.310 e. The van der Waals surface area contributed by atoms with Crippen molar-refractivity contribution in [3.05, 3.63) is 340 Å². The van der Waals surface area contributed by atoms with Gasteiger partial charge in [0.2, 0.25) is 0 Å². The van der Waals surface area contributed by atoms with Crippen molar-refractivity contribution in [2.75, 3.05) is 9.80 Å². The Bertz CT molecular complexity index is 6170. The number of fused-ring (bicyclic) bond motifs is 13. The van der Waals surface area contributed by atoms with Crippen LogP contribution >= 0.6 is 22.7 Å². The number of thiophene rings is 2. The van der Waals surface area contributed by atoms with Crippen molar-refractivity contribution in [3.8, 4) is 72.4 Å². The molecule has 2 aliphatic rings. The van der Waals surface area contributed by atoms with Crippen LogP contribution in [0.3, 0.4) is 0 Å². The zero-order valence-corrected chi connectivity index (χ0v) is 53.1. The van der Waals surface area contributed by atoms with Crippen LogP contribution in [0.15, 0.2) is 340 Å². The second-order valence-corrected chi connectivity index (χ2v) is 26.9. The van der Waals surface area contributed by atoms with Gasteiger partial charge in [0.25, 0.3) is 6.71 Å². The third-order valence-corrected chi connectivity index (χ3v) is 21.9. The summed E-state index contributed by atoms with van der Waals surface area (Å²) in [7, 11) is 0.